The number of aromatic amines is 1. The van der Waals surface area contributed by atoms with Gasteiger partial charge in [-0.05, 0) is 78.5 Å². The normalized spacial score (nSPS) is 18.6. The summed E-state index contributed by atoms with van der Waals surface area (Å²) in [4.78, 5) is 19.8. The van der Waals surface area contributed by atoms with Crippen molar-refractivity contribution in [2.24, 2.45) is 0 Å². The minimum absolute atomic E-state index is 0.176. The number of aryl methyl sites for hydroxylation is 1. The van der Waals surface area contributed by atoms with Gasteiger partial charge in [-0.1, -0.05) is 19.9 Å². The van der Waals surface area contributed by atoms with E-state index in [9.17, 15) is 4.79 Å². The lowest BCUT2D eigenvalue weighted by Crippen LogP contribution is -2.41. The SMILES string of the molecule is Cc1cc(-c2[nH]c3ccc(C4CCC(N(C)CC(=O)N(C)C)CC4)cc3c2C(C)C)cn2ncc[n+]12. The maximum Gasteiger partial charge on any atom is 0.236 e. The van der Waals surface area contributed by atoms with Gasteiger partial charge in [-0.25, -0.2) is 0 Å². The van der Waals surface area contributed by atoms with Crippen LogP contribution in [-0.4, -0.2) is 64.1 Å². The van der Waals surface area contributed by atoms with E-state index in [2.05, 4.69) is 73.3 Å². The number of rotatable bonds is 6. The Kier molecular flexibility index (Phi) is 6.60. The van der Waals surface area contributed by atoms with E-state index in [4.69, 9.17) is 0 Å². The lowest BCUT2D eigenvalue weighted by atomic mass is 9.80. The highest BCUT2D eigenvalue weighted by molar-refractivity contribution is 5.92. The second-order valence-corrected chi connectivity index (χ2v) is 11.0. The lowest BCUT2D eigenvalue weighted by Gasteiger charge is -2.35. The summed E-state index contributed by atoms with van der Waals surface area (Å²) in [5.41, 5.74) is 7.50. The molecule has 1 amide bonds. The number of benzene rings is 1. The fourth-order valence-electron chi connectivity index (χ4n) is 5.89. The first kappa shape index (κ1) is 24.5. The van der Waals surface area contributed by atoms with Gasteiger partial charge in [0.15, 0.2) is 6.20 Å². The number of aromatic nitrogens is 4. The van der Waals surface area contributed by atoms with Crippen molar-refractivity contribution in [3.63, 3.8) is 0 Å². The largest absolute Gasteiger partial charge is 0.354 e. The number of carbonyl (C=O) groups excluding carboxylic acids is 1. The Morgan fingerprint density at radius 3 is 2.61 bits per heavy atom. The first-order valence-corrected chi connectivity index (χ1v) is 13.1. The number of H-pyrrole nitrogens is 1. The third kappa shape index (κ3) is 4.52. The van der Waals surface area contributed by atoms with Gasteiger partial charge in [0.25, 0.3) is 0 Å². The molecule has 190 valence electrons. The molecule has 1 saturated carbocycles. The van der Waals surface area contributed by atoms with Crippen molar-refractivity contribution < 1.29 is 9.31 Å². The third-order valence-electron chi connectivity index (χ3n) is 8.00. The number of fused-ring (bicyclic) bond motifs is 2. The van der Waals surface area contributed by atoms with Gasteiger partial charge >= 0.3 is 0 Å². The molecule has 0 radical (unpaired) electrons. The van der Waals surface area contributed by atoms with Crippen molar-refractivity contribution in [3.8, 4) is 11.3 Å². The van der Waals surface area contributed by atoms with Gasteiger partial charge in [0.2, 0.25) is 12.1 Å². The summed E-state index contributed by atoms with van der Waals surface area (Å²) in [6.45, 7) is 7.18. The first-order valence-electron chi connectivity index (χ1n) is 13.1. The Morgan fingerprint density at radius 2 is 1.92 bits per heavy atom. The number of likely N-dealkylation sites (N-methyl/N-ethyl adjacent to an activating group) is 2. The van der Waals surface area contributed by atoms with Gasteiger partial charge in [-0.15, -0.1) is 4.52 Å². The maximum absolute atomic E-state index is 12.1. The highest BCUT2D eigenvalue weighted by Gasteiger charge is 2.27. The van der Waals surface area contributed by atoms with Crippen LogP contribution in [0.3, 0.4) is 0 Å². The van der Waals surface area contributed by atoms with Crippen LogP contribution in [-0.2, 0) is 4.79 Å². The van der Waals surface area contributed by atoms with Crippen molar-refractivity contribution >= 4 is 16.8 Å². The predicted octanol–water partition coefficient (Wildman–Crippen LogP) is 4.55. The second-order valence-electron chi connectivity index (χ2n) is 11.0. The van der Waals surface area contributed by atoms with E-state index in [1.165, 1.54) is 27.7 Å². The van der Waals surface area contributed by atoms with Crippen LogP contribution in [0.2, 0.25) is 0 Å². The standard InChI is InChI=1S/C29H39N6O/c1-19(2)28-25-16-22(21-7-10-24(11-8-21)33(6)18-27(36)32(4)5)9-12-26(25)31-29(28)23-15-20(3)34-14-13-30-35(34)17-23/h9,12-17,19,21,24,31H,7-8,10-11,18H2,1-6H3/q+1. The monoisotopic (exact) mass is 487 g/mol. The number of nitrogens with one attached hydrogen (secondary N) is 1. The Hall–Kier alpha value is -3.19. The van der Waals surface area contributed by atoms with Crippen molar-refractivity contribution in [3.05, 3.63) is 59.7 Å². The molecule has 0 spiro atoms. The lowest BCUT2D eigenvalue weighted by molar-refractivity contribution is -0.629. The van der Waals surface area contributed by atoms with E-state index in [0.29, 0.717) is 24.4 Å². The highest BCUT2D eigenvalue weighted by Crippen LogP contribution is 2.40. The fourth-order valence-corrected chi connectivity index (χ4v) is 5.89. The average molecular weight is 488 g/mol. The van der Waals surface area contributed by atoms with Crippen LogP contribution in [0.15, 0.2) is 42.9 Å². The number of amides is 1. The summed E-state index contributed by atoms with van der Waals surface area (Å²) in [7, 11) is 5.75. The number of hydrogen-bond donors (Lipinski definition) is 1. The van der Waals surface area contributed by atoms with Crippen LogP contribution in [0.25, 0.3) is 22.2 Å². The molecule has 7 nitrogen and oxygen atoms in total. The summed E-state index contributed by atoms with van der Waals surface area (Å²) in [5, 5.41) is 5.79. The van der Waals surface area contributed by atoms with Gasteiger partial charge in [-0.3, -0.25) is 9.69 Å². The van der Waals surface area contributed by atoms with Crippen molar-refractivity contribution in [2.45, 2.75) is 64.3 Å². The molecule has 4 aromatic rings. The smallest absolute Gasteiger partial charge is 0.236 e. The van der Waals surface area contributed by atoms with Crippen LogP contribution in [0.4, 0.5) is 0 Å². The van der Waals surface area contributed by atoms with Crippen LogP contribution in [0, 0.1) is 6.92 Å². The van der Waals surface area contributed by atoms with Crippen molar-refractivity contribution in [1.29, 1.82) is 0 Å². The van der Waals surface area contributed by atoms with Crippen LogP contribution < -0.4 is 4.52 Å². The molecule has 0 bridgehead atoms. The quantitative estimate of drug-likeness (QED) is 0.406. The molecule has 0 unspecified atom stereocenters. The molecule has 7 heteroatoms. The molecule has 36 heavy (non-hydrogen) atoms. The minimum Gasteiger partial charge on any atom is -0.354 e. The Balaban J connectivity index is 1.41. The molecule has 1 aromatic carbocycles. The molecule has 1 aliphatic carbocycles. The molecule has 1 N–H and O–H groups in total. The zero-order chi connectivity index (χ0) is 25.6. The van der Waals surface area contributed by atoms with E-state index in [1.54, 1.807) is 4.90 Å². The zero-order valence-electron chi connectivity index (χ0n) is 22.5. The number of hydrogen-bond acceptors (Lipinski definition) is 3. The second kappa shape index (κ2) is 9.69. The topological polar surface area (TPSA) is 60.7 Å². The summed E-state index contributed by atoms with van der Waals surface area (Å²) < 4.78 is 3.94. The summed E-state index contributed by atoms with van der Waals surface area (Å²) in [5.74, 6) is 1.14. The first-order chi connectivity index (χ1) is 17.2. The summed E-state index contributed by atoms with van der Waals surface area (Å²) >= 11 is 0. The molecule has 0 atom stereocenters. The maximum atomic E-state index is 12.1. The van der Waals surface area contributed by atoms with E-state index in [1.807, 2.05) is 35.6 Å². The molecule has 1 fully saturated rings. The molecular weight excluding hydrogens is 448 g/mol. The highest BCUT2D eigenvalue weighted by atomic mass is 16.2. The van der Waals surface area contributed by atoms with Crippen molar-refractivity contribution in [2.75, 3.05) is 27.7 Å². The van der Waals surface area contributed by atoms with Gasteiger partial charge in [0, 0.05) is 48.6 Å². The van der Waals surface area contributed by atoms with E-state index < -0.39 is 0 Å². The van der Waals surface area contributed by atoms with Gasteiger partial charge in [0.1, 0.15) is 11.9 Å². The molecule has 0 aliphatic heterocycles. The number of carbonyl (C=O) groups is 1. The minimum atomic E-state index is 0.176. The Bertz CT molecular complexity index is 1390. The van der Waals surface area contributed by atoms with Gasteiger partial charge in [0.05, 0.1) is 12.2 Å². The Labute approximate surface area is 213 Å². The third-order valence-corrected chi connectivity index (χ3v) is 8.00. The zero-order valence-corrected chi connectivity index (χ0v) is 22.5. The summed E-state index contributed by atoms with van der Waals surface area (Å²) in [6, 6.07) is 9.73. The van der Waals surface area contributed by atoms with Gasteiger partial charge < -0.3 is 9.88 Å². The molecule has 5 rings (SSSR count). The molecule has 3 aromatic heterocycles. The van der Waals surface area contributed by atoms with Crippen LogP contribution in [0.1, 0.15) is 68.2 Å². The van der Waals surface area contributed by atoms with Crippen molar-refractivity contribution in [1.82, 2.24) is 24.5 Å². The van der Waals surface area contributed by atoms with E-state index >= 15 is 0 Å². The predicted molar refractivity (Wildman–Crippen MR) is 143 cm³/mol. The fraction of sp³-hybridized carbons (Fsp3) is 0.483. The molecule has 3 heterocycles. The van der Waals surface area contributed by atoms with Gasteiger partial charge in [-0.2, -0.15) is 0 Å². The molecular formula is C29H39N6O+. The van der Waals surface area contributed by atoms with E-state index in [-0.39, 0.29) is 5.91 Å². The average Bonchev–Trinajstić information content (AvgIpc) is 3.48. The molecule has 0 saturated heterocycles. The molecule has 1 aliphatic rings. The van der Waals surface area contributed by atoms with E-state index in [0.717, 1.165) is 36.9 Å². The van der Waals surface area contributed by atoms with Crippen LogP contribution in [0.5, 0.6) is 0 Å². The van der Waals surface area contributed by atoms with Crippen LogP contribution >= 0.6 is 0 Å². The Morgan fingerprint density at radius 1 is 1.17 bits per heavy atom. The number of nitrogens with zero attached hydrogens (tertiary/aromatic N) is 5. The summed E-state index contributed by atoms with van der Waals surface area (Å²) in [6.07, 6.45) is 10.5.